The van der Waals surface area contributed by atoms with Crippen LogP contribution in [0.3, 0.4) is 0 Å². The molecule has 0 fully saturated rings. The Hall–Kier alpha value is -3.22. The van der Waals surface area contributed by atoms with E-state index in [4.69, 9.17) is 4.74 Å². The van der Waals surface area contributed by atoms with E-state index in [1.807, 2.05) is 43.3 Å². The van der Waals surface area contributed by atoms with Gasteiger partial charge in [0.1, 0.15) is 11.4 Å². The molecule has 3 aromatic rings. The van der Waals surface area contributed by atoms with Crippen molar-refractivity contribution in [2.75, 3.05) is 6.61 Å². The fourth-order valence-electron chi connectivity index (χ4n) is 2.10. The van der Waals surface area contributed by atoms with E-state index in [0.717, 1.165) is 11.3 Å². The van der Waals surface area contributed by atoms with Gasteiger partial charge in [-0.15, -0.1) is 5.10 Å². The Morgan fingerprint density at radius 3 is 2.92 bits per heavy atom. The second kappa shape index (κ2) is 7.36. The predicted molar refractivity (Wildman–Crippen MR) is 87.7 cm³/mol. The minimum atomic E-state index is -0.214. The molecule has 3 rings (SSSR count). The number of amides is 1. The zero-order valence-electron chi connectivity index (χ0n) is 13.2. The van der Waals surface area contributed by atoms with E-state index in [9.17, 15) is 4.79 Å². The first kappa shape index (κ1) is 15.7. The Morgan fingerprint density at radius 2 is 2.12 bits per heavy atom. The molecule has 24 heavy (non-hydrogen) atoms. The lowest BCUT2D eigenvalue weighted by molar-refractivity contribution is -0.123. The first-order valence-electron chi connectivity index (χ1n) is 7.49. The third-order valence-corrected chi connectivity index (χ3v) is 3.37. The van der Waals surface area contributed by atoms with E-state index in [1.54, 1.807) is 23.3 Å². The van der Waals surface area contributed by atoms with E-state index in [0.29, 0.717) is 11.4 Å². The van der Waals surface area contributed by atoms with Crippen LogP contribution in [-0.2, 0) is 11.3 Å². The SMILES string of the molecule is Cc1ccccc1OCC(=O)NCc1cn(-c2cccnc2)nn1. The first-order valence-corrected chi connectivity index (χ1v) is 7.49. The van der Waals surface area contributed by atoms with Gasteiger partial charge in [0, 0.05) is 6.20 Å². The molecule has 7 heteroatoms. The minimum absolute atomic E-state index is 0.0401. The highest BCUT2D eigenvalue weighted by Gasteiger charge is 2.07. The van der Waals surface area contributed by atoms with Crippen molar-refractivity contribution in [3.63, 3.8) is 0 Å². The van der Waals surface area contributed by atoms with Crippen LogP contribution >= 0.6 is 0 Å². The molecule has 1 amide bonds. The van der Waals surface area contributed by atoms with Crippen molar-refractivity contribution in [2.45, 2.75) is 13.5 Å². The number of ether oxygens (including phenoxy) is 1. The number of hydrogen-bond donors (Lipinski definition) is 1. The number of carbonyl (C=O) groups excluding carboxylic acids is 1. The van der Waals surface area contributed by atoms with Gasteiger partial charge in [0.15, 0.2) is 6.61 Å². The number of nitrogens with one attached hydrogen (secondary N) is 1. The van der Waals surface area contributed by atoms with E-state index in [2.05, 4.69) is 20.6 Å². The van der Waals surface area contributed by atoms with Crippen LogP contribution in [0.25, 0.3) is 5.69 Å². The Morgan fingerprint density at radius 1 is 1.25 bits per heavy atom. The van der Waals surface area contributed by atoms with Crippen molar-refractivity contribution in [1.82, 2.24) is 25.3 Å². The molecule has 0 radical (unpaired) electrons. The Labute approximate surface area is 139 Å². The summed E-state index contributed by atoms with van der Waals surface area (Å²) in [4.78, 5) is 15.9. The molecule has 0 bridgehead atoms. The van der Waals surface area contributed by atoms with Crippen molar-refractivity contribution >= 4 is 5.91 Å². The molecule has 0 aliphatic carbocycles. The Bertz CT molecular complexity index is 817. The maximum atomic E-state index is 11.9. The first-order chi connectivity index (χ1) is 11.7. The summed E-state index contributed by atoms with van der Waals surface area (Å²) in [6, 6.07) is 11.3. The predicted octanol–water partition coefficient (Wildman–Crippen LogP) is 1.67. The summed E-state index contributed by atoms with van der Waals surface area (Å²) in [6.07, 6.45) is 5.13. The van der Waals surface area contributed by atoms with Crippen LogP contribution in [0.2, 0.25) is 0 Å². The second-order valence-corrected chi connectivity index (χ2v) is 5.20. The van der Waals surface area contributed by atoms with Crippen LogP contribution < -0.4 is 10.1 Å². The summed E-state index contributed by atoms with van der Waals surface area (Å²) in [5.74, 6) is 0.490. The number of rotatable bonds is 6. The third kappa shape index (κ3) is 3.95. The van der Waals surface area contributed by atoms with Gasteiger partial charge in [0.05, 0.1) is 24.6 Å². The van der Waals surface area contributed by atoms with E-state index in [-0.39, 0.29) is 19.1 Å². The lowest BCUT2D eigenvalue weighted by Crippen LogP contribution is -2.28. The van der Waals surface area contributed by atoms with Gasteiger partial charge in [0.2, 0.25) is 0 Å². The van der Waals surface area contributed by atoms with Crippen LogP contribution in [0.1, 0.15) is 11.3 Å². The number of nitrogens with zero attached hydrogens (tertiary/aromatic N) is 4. The smallest absolute Gasteiger partial charge is 0.258 e. The molecule has 0 atom stereocenters. The quantitative estimate of drug-likeness (QED) is 0.746. The van der Waals surface area contributed by atoms with Gasteiger partial charge >= 0.3 is 0 Å². The van der Waals surface area contributed by atoms with Crippen LogP contribution in [-0.4, -0.2) is 32.5 Å². The zero-order valence-corrected chi connectivity index (χ0v) is 13.2. The summed E-state index contributed by atoms with van der Waals surface area (Å²) < 4.78 is 7.11. The molecule has 0 aliphatic rings. The highest BCUT2D eigenvalue weighted by Crippen LogP contribution is 2.15. The van der Waals surface area contributed by atoms with Gasteiger partial charge in [0.25, 0.3) is 5.91 Å². The van der Waals surface area contributed by atoms with Crippen molar-refractivity contribution in [2.24, 2.45) is 0 Å². The van der Waals surface area contributed by atoms with Gasteiger partial charge in [-0.2, -0.15) is 0 Å². The molecule has 1 N–H and O–H groups in total. The second-order valence-electron chi connectivity index (χ2n) is 5.20. The lowest BCUT2D eigenvalue weighted by atomic mass is 10.2. The molecule has 0 saturated carbocycles. The molecule has 0 aliphatic heterocycles. The zero-order chi connectivity index (χ0) is 16.8. The number of benzene rings is 1. The summed E-state index contributed by atoms with van der Waals surface area (Å²) in [6.45, 7) is 2.18. The number of pyridine rings is 1. The number of hydrogen-bond acceptors (Lipinski definition) is 5. The van der Waals surface area contributed by atoms with Crippen molar-refractivity contribution < 1.29 is 9.53 Å². The standard InChI is InChI=1S/C17H17N5O2/c1-13-5-2-3-7-16(13)24-12-17(23)19-9-14-11-22(21-20-14)15-6-4-8-18-10-15/h2-8,10-11H,9,12H2,1H3,(H,19,23). The molecule has 0 unspecified atom stereocenters. The van der Waals surface area contributed by atoms with Crippen LogP contribution in [0.4, 0.5) is 0 Å². The van der Waals surface area contributed by atoms with Crippen LogP contribution in [0.5, 0.6) is 5.75 Å². The summed E-state index contributed by atoms with van der Waals surface area (Å²) in [5.41, 5.74) is 2.46. The minimum Gasteiger partial charge on any atom is -0.484 e. The van der Waals surface area contributed by atoms with E-state index < -0.39 is 0 Å². The number of para-hydroxylation sites is 1. The maximum absolute atomic E-state index is 11.9. The molecular weight excluding hydrogens is 306 g/mol. The molecule has 1 aromatic carbocycles. The average molecular weight is 323 g/mol. The highest BCUT2D eigenvalue weighted by atomic mass is 16.5. The molecule has 7 nitrogen and oxygen atoms in total. The third-order valence-electron chi connectivity index (χ3n) is 3.37. The van der Waals surface area contributed by atoms with Gasteiger partial charge in [-0.3, -0.25) is 9.78 Å². The fourth-order valence-corrected chi connectivity index (χ4v) is 2.10. The molecule has 122 valence electrons. The monoisotopic (exact) mass is 323 g/mol. The van der Waals surface area contributed by atoms with Gasteiger partial charge in [-0.05, 0) is 30.7 Å². The number of carbonyl (C=O) groups is 1. The summed E-state index contributed by atoms with van der Waals surface area (Å²) in [7, 11) is 0. The summed E-state index contributed by atoms with van der Waals surface area (Å²) >= 11 is 0. The molecule has 2 aromatic heterocycles. The molecular formula is C17H17N5O2. The Kier molecular flexibility index (Phi) is 4.81. The molecule has 2 heterocycles. The van der Waals surface area contributed by atoms with Crippen LogP contribution in [0.15, 0.2) is 55.0 Å². The van der Waals surface area contributed by atoms with Crippen molar-refractivity contribution in [3.05, 3.63) is 66.2 Å². The van der Waals surface area contributed by atoms with Gasteiger partial charge in [-0.25, -0.2) is 4.68 Å². The molecule has 0 saturated heterocycles. The average Bonchev–Trinajstić information content (AvgIpc) is 3.09. The fraction of sp³-hybridized carbons (Fsp3) is 0.176. The Balaban J connectivity index is 1.50. The molecule has 0 spiro atoms. The highest BCUT2D eigenvalue weighted by molar-refractivity contribution is 5.77. The normalized spacial score (nSPS) is 10.4. The summed E-state index contributed by atoms with van der Waals surface area (Å²) in [5, 5.41) is 10.8. The van der Waals surface area contributed by atoms with Crippen molar-refractivity contribution in [3.8, 4) is 11.4 Å². The largest absolute Gasteiger partial charge is 0.484 e. The van der Waals surface area contributed by atoms with Crippen molar-refractivity contribution in [1.29, 1.82) is 0 Å². The van der Waals surface area contributed by atoms with Gasteiger partial charge < -0.3 is 10.1 Å². The van der Waals surface area contributed by atoms with E-state index in [1.165, 1.54) is 0 Å². The lowest BCUT2D eigenvalue weighted by Gasteiger charge is -2.08. The maximum Gasteiger partial charge on any atom is 0.258 e. The topological polar surface area (TPSA) is 81.9 Å². The number of aromatic nitrogens is 4. The van der Waals surface area contributed by atoms with Crippen LogP contribution in [0, 0.1) is 6.92 Å². The van der Waals surface area contributed by atoms with Gasteiger partial charge in [-0.1, -0.05) is 23.4 Å². The number of aryl methyl sites for hydroxylation is 1. The van der Waals surface area contributed by atoms with E-state index >= 15 is 0 Å².